The third-order valence-corrected chi connectivity index (χ3v) is 4.92. The van der Waals surface area contributed by atoms with Gasteiger partial charge in [0.25, 0.3) is 0 Å². The van der Waals surface area contributed by atoms with Crippen molar-refractivity contribution in [3.05, 3.63) is 5.57 Å². The lowest BCUT2D eigenvalue weighted by Crippen LogP contribution is -2.36. The van der Waals surface area contributed by atoms with Gasteiger partial charge in [-0.3, -0.25) is 0 Å². The Morgan fingerprint density at radius 2 is 2.32 bits per heavy atom. The van der Waals surface area contributed by atoms with Crippen molar-refractivity contribution in [1.29, 1.82) is 0 Å². The summed E-state index contributed by atoms with van der Waals surface area (Å²) < 4.78 is 4.50. The zero-order valence-corrected chi connectivity index (χ0v) is 11.4. The normalized spacial score (nSPS) is 28.1. The fourth-order valence-electron chi connectivity index (χ4n) is 2.44. The minimum atomic E-state index is -0.609. The number of nitrogens with one attached hydrogen (secondary N) is 2. The van der Waals surface area contributed by atoms with Gasteiger partial charge in [0.2, 0.25) is 0 Å². The largest absolute Gasteiger partial charge is 0.465 e. The Labute approximate surface area is 115 Å². The number of fused-ring (bicyclic) bond motifs is 1. The molecular formula is C12H16N2O4S. The smallest absolute Gasteiger partial charge is 0.344 e. The summed E-state index contributed by atoms with van der Waals surface area (Å²) in [4.78, 5) is 33.0. The minimum absolute atomic E-state index is 0.0515. The van der Waals surface area contributed by atoms with E-state index in [2.05, 4.69) is 15.4 Å². The average molecular weight is 284 g/mol. The lowest BCUT2D eigenvalue weighted by atomic mass is 10.0. The first-order valence-corrected chi connectivity index (χ1v) is 7.21. The van der Waals surface area contributed by atoms with E-state index in [1.54, 1.807) is 5.94 Å². The van der Waals surface area contributed by atoms with Gasteiger partial charge < -0.3 is 15.4 Å². The Bertz CT molecular complexity index is 433. The predicted octanol–water partition coefficient (Wildman–Crippen LogP) is 0.253. The van der Waals surface area contributed by atoms with E-state index >= 15 is 0 Å². The number of methoxy groups -OCH3 is 1. The fourth-order valence-corrected chi connectivity index (χ4v) is 3.98. The summed E-state index contributed by atoms with van der Waals surface area (Å²) in [6.45, 7) is 0. The van der Waals surface area contributed by atoms with Gasteiger partial charge in [0.15, 0.2) is 0 Å². The van der Waals surface area contributed by atoms with Crippen molar-refractivity contribution in [2.45, 2.75) is 36.6 Å². The van der Waals surface area contributed by atoms with E-state index in [-0.39, 0.29) is 23.7 Å². The highest BCUT2D eigenvalue weighted by atomic mass is 32.2. The van der Waals surface area contributed by atoms with Crippen LogP contribution in [0.15, 0.2) is 5.57 Å². The number of hydrogen-bond acceptors (Lipinski definition) is 5. The van der Waals surface area contributed by atoms with E-state index < -0.39 is 5.97 Å². The van der Waals surface area contributed by atoms with Crippen LogP contribution in [-0.4, -0.2) is 48.1 Å². The van der Waals surface area contributed by atoms with Crippen LogP contribution in [-0.2, 0) is 14.3 Å². The summed E-state index contributed by atoms with van der Waals surface area (Å²) in [5.74, 6) is 1.93. The van der Waals surface area contributed by atoms with E-state index in [9.17, 15) is 14.4 Å². The van der Waals surface area contributed by atoms with Gasteiger partial charge in [-0.2, -0.15) is 11.8 Å². The molecule has 2 amide bonds. The van der Waals surface area contributed by atoms with E-state index in [4.69, 9.17) is 0 Å². The number of rotatable bonds is 5. The van der Waals surface area contributed by atoms with Gasteiger partial charge in [0.1, 0.15) is 11.5 Å². The van der Waals surface area contributed by atoms with Crippen molar-refractivity contribution in [3.8, 4) is 0 Å². The maximum atomic E-state index is 11.2. The van der Waals surface area contributed by atoms with Crippen molar-refractivity contribution in [2.75, 3.05) is 12.9 Å². The van der Waals surface area contributed by atoms with Crippen LogP contribution in [0.2, 0.25) is 0 Å². The van der Waals surface area contributed by atoms with Crippen LogP contribution < -0.4 is 10.6 Å². The maximum absolute atomic E-state index is 11.2. The summed E-state index contributed by atoms with van der Waals surface area (Å²) in [6.07, 6.45) is 1.92. The zero-order chi connectivity index (χ0) is 13.8. The quantitative estimate of drug-likeness (QED) is 0.327. The SMILES string of the molecule is COC(=O)C(=C=O)CCC[C@@H]1SC[C@@H]2NC(=O)N[C@@H]21. The Kier molecular flexibility index (Phi) is 4.50. The van der Waals surface area contributed by atoms with E-state index in [1.807, 2.05) is 11.8 Å². The molecule has 3 atom stereocenters. The molecule has 2 N–H and O–H groups in total. The molecule has 104 valence electrons. The second-order valence-electron chi connectivity index (χ2n) is 4.59. The van der Waals surface area contributed by atoms with Crippen LogP contribution in [0.25, 0.3) is 0 Å². The summed E-state index contributed by atoms with van der Waals surface area (Å²) in [5, 5.41) is 6.10. The molecule has 7 heteroatoms. The van der Waals surface area contributed by atoms with Crippen LogP contribution in [0, 0.1) is 0 Å². The van der Waals surface area contributed by atoms with E-state index in [1.165, 1.54) is 7.11 Å². The topological polar surface area (TPSA) is 84.5 Å². The van der Waals surface area contributed by atoms with Crippen LogP contribution in [0.4, 0.5) is 4.79 Å². The monoisotopic (exact) mass is 284 g/mol. The number of urea groups is 1. The summed E-state index contributed by atoms with van der Waals surface area (Å²) in [6, 6.07) is 0.242. The standard InChI is InChI=1S/C12H16N2O4S/c1-18-11(16)7(5-15)3-2-4-9-10-8(6-19-9)13-12(17)14-10/h8-10H,2-4,6H2,1H3,(H2,13,14,17)/t8-,9-,10-/m0/s1. The molecule has 0 radical (unpaired) electrons. The molecule has 0 saturated carbocycles. The van der Waals surface area contributed by atoms with E-state index in [0.717, 1.165) is 12.2 Å². The van der Waals surface area contributed by atoms with Crippen LogP contribution in [0.5, 0.6) is 0 Å². The summed E-state index contributed by atoms with van der Waals surface area (Å²) in [5.41, 5.74) is 0.0515. The molecule has 0 aliphatic carbocycles. The molecule has 2 aliphatic rings. The second-order valence-corrected chi connectivity index (χ2v) is 5.86. The first kappa shape index (κ1) is 14.0. The number of ether oxygens (including phenoxy) is 1. The van der Waals surface area contributed by atoms with Crippen molar-refractivity contribution < 1.29 is 19.1 Å². The molecule has 6 nitrogen and oxygen atoms in total. The van der Waals surface area contributed by atoms with Gasteiger partial charge in [-0.25, -0.2) is 14.4 Å². The highest BCUT2D eigenvalue weighted by Gasteiger charge is 2.42. The van der Waals surface area contributed by atoms with E-state index in [0.29, 0.717) is 18.1 Å². The third kappa shape index (κ3) is 3.11. The average Bonchev–Trinajstić information content (AvgIpc) is 2.94. The molecule has 0 aromatic rings. The molecule has 0 unspecified atom stereocenters. The number of carbonyl (C=O) groups excluding carboxylic acids is 3. The lowest BCUT2D eigenvalue weighted by molar-refractivity contribution is -0.136. The number of hydrogen-bond donors (Lipinski definition) is 2. The molecule has 2 fully saturated rings. The van der Waals surface area contributed by atoms with Crippen molar-refractivity contribution in [1.82, 2.24) is 10.6 Å². The molecule has 2 saturated heterocycles. The Hall–Kier alpha value is -1.46. The van der Waals surface area contributed by atoms with Gasteiger partial charge in [0.05, 0.1) is 19.2 Å². The first-order chi connectivity index (χ1) is 9.15. The second kappa shape index (κ2) is 6.12. The predicted molar refractivity (Wildman–Crippen MR) is 70.6 cm³/mol. The molecule has 0 aromatic heterocycles. The van der Waals surface area contributed by atoms with Gasteiger partial charge >= 0.3 is 12.0 Å². The van der Waals surface area contributed by atoms with Gasteiger partial charge in [-0.1, -0.05) is 0 Å². The Morgan fingerprint density at radius 1 is 1.53 bits per heavy atom. The molecule has 0 bridgehead atoms. The Morgan fingerprint density at radius 3 is 3.00 bits per heavy atom. The number of amides is 2. The van der Waals surface area contributed by atoms with Crippen molar-refractivity contribution in [2.24, 2.45) is 0 Å². The van der Waals surface area contributed by atoms with Gasteiger partial charge in [0, 0.05) is 11.0 Å². The maximum Gasteiger partial charge on any atom is 0.344 e. The van der Waals surface area contributed by atoms with Gasteiger partial charge in [-0.05, 0) is 19.3 Å². The number of carbonyl (C=O) groups is 2. The van der Waals surface area contributed by atoms with Crippen LogP contribution >= 0.6 is 11.8 Å². The fraction of sp³-hybridized carbons (Fsp3) is 0.667. The van der Waals surface area contributed by atoms with Crippen LogP contribution in [0.1, 0.15) is 19.3 Å². The number of esters is 1. The highest BCUT2D eigenvalue weighted by molar-refractivity contribution is 8.00. The molecule has 2 heterocycles. The lowest BCUT2D eigenvalue weighted by Gasteiger charge is -2.16. The molecule has 0 spiro atoms. The molecule has 2 rings (SSSR count). The Balaban J connectivity index is 1.79. The molecule has 19 heavy (non-hydrogen) atoms. The van der Waals surface area contributed by atoms with Gasteiger partial charge in [-0.15, -0.1) is 0 Å². The molecule has 2 aliphatic heterocycles. The van der Waals surface area contributed by atoms with Crippen molar-refractivity contribution in [3.63, 3.8) is 0 Å². The number of thioether (sulfide) groups is 1. The van der Waals surface area contributed by atoms with Crippen molar-refractivity contribution >= 4 is 29.7 Å². The highest BCUT2D eigenvalue weighted by Crippen LogP contribution is 2.33. The zero-order valence-electron chi connectivity index (χ0n) is 10.6. The molecule has 0 aromatic carbocycles. The summed E-state index contributed by atoms with van der Waals surface area (Å²) in [7, 11) is 1.25. The first-order valence-electron chi connectivity index (χ1n) is 6.16. The van der Waals surface area contributed by atoms with Crippen LogP contribution in [0.3, 0.4) is 0 Å². The minimum Gasteiger partial charge on any atom is -0.465 e. The third-order valence-electron chi connectivity index (χ3n) is 3.41. The summed E-state index contributed by atoms with van der Waals surface area (Å²) >= 11 is 1.81. The molecular weight excluding hydrogens is 268 g/mol.